The standard InChI is InChI=1S/C31H36N4O2/c1-7-18-34(31(37)33-28-21(4)12-11-13-22(28)5)27(8-2)29-32-26-15-10-9-14-25(26)30(36)35(29)24-17-16-20(3)23(6)19-24/h9-17,19,27H,7-8,18H2,1-6H3,(H,33,37). The Morgan fingerprint density at radius 1 is 0.919 bits per heavy atom. The number of nitrogens with one attached hydrogen (secondary N) is 1. The summed E-state index contributed by atoms with van der Waals surface area (Å²) < 4.78 is 1.69. The average Bonchev–Trinajstić information content (AvgIpc) is 2.88. The van der Waals surface area contributed by atoms with Crippen molar-refractivity contribution in [1.29, 1.82) is 0 Å². The van der Waals surface area contributed by atoms with Gasteiger partial charge in [0.1, 0.15) is 5.82 Å². The van der Waals surface area contributed by atoms with E-state index in [0.717, 1.165) is 40.0 Å². The van der Waals surface area contributed by atoms with Gasteiger partial charge in [0.25, 0.3) is 5.56 Å². The van der Waals surface area contributed by atoms with Gasteiger partial charge in [0.05, 0.1) is 22.6 Å². The van der Waals surface area contributed by atoms with E-state index in [2.05, 4.69) is 19.2 Å². The molecular weight excluding hydrogens is 460 g/mol. The molecule has 1 N–H and O–H groups in total. The lowest BCUT2D eigenvalue weighted by Crippen LogP contribution is -2.41. The summed E-state index contributed by atoms with van der Waals surface area (Å²) in [6, 6.07) is 18.8. The average molecular weight is 497 g/mol. The van der Waals surface area contributed by atoms with E-state index >= 15 is 0 Å². The molecule has 3 aromatic carbocycles. The first kappa shape index (κ1) is 26.1. The Labute approximate surface area is 219 Å². The highest BCUT2D eigenvalue weighted by molar-refractivity contribution is 5.91. The van der Waals surface area contributed by atoms with Crippen LogP contribution >= 0.6 is 0 Å². The molecule has 0 aliphatic rings. The monoisotopic (exact) mass is 496 g/mol. The third-order valence-electron chi connectivity index (χ3n) is 7.05. The van der Waals surface area contributed by atoms with Crippen LogP contribution in [0.4, 0.5) is 10.5 Å². The van der Waals surface area contributed by atoms with Gasteiger partial charge in [0, 0.05) is 12.2 Å². The number of nitrogens with zero attached hydrogens (tertiary/aromatic N) is 3. The molecule has 1 atom stereocenters. The van der Waals surface area contributed by atoms with Crippen molar-refractivity contribution in [3.05, 3.63) is 99.1 Å². The van der Waals surface area contributed by atoms with Crippen LogP contribution in [-0.2, 0) is 0 Å². The van der Waals surface area contributed by atoms with Crippen LogP contribution < -0.4 is 10.9 Å². The van der Waals surface area contributed by atoms with Gasteiger partial charge in [-0.25, -0.2) is 9.78 Å². The van der Waals surface area contributed by atoms with E-state index in [-0.39, 0.29) is 11.6 Å². The molecule has 4 rings (SSSR count). The van der Waals surface area contributed by atoms with Gasteiger partial charge in [-0.2, -0.15) is 0 Å². The number of para-hydroxylation sites is 2. The highest BCUT2D eigenvalue weighted by atomic mass is 16.2. The number of amides is 2. The second kappa shape index (κ2) is 11.0. The molecule has 6 nitrogen and oxygen atoms in total. The highest BCUT2D eigenvalue weighted by Crippen LogP contribution is 2.28. The van der Waals surface area contributed by atoms with Crippen molar-refractivity contribution >= 4 is 22.6 Å². The molecule has 1 aromatic heterocycles. The summed E-state index contributed by atoms with van der Waals surface area (Å²) in [5.41, 5.74) is 6.34. The molecule has 1 heterocycles. The number of carbonyl (C=O) groups is 1. The normalized spacial score (nSPS) is 11.9. The number of anilines is 1. The lowest BCUT2D eigenvalue weighted by Gasteiger charge is -2.32. The number of aryl methyl sites for hydroxylation is 4. The minimum absolute atomic E-state index is 0.131. The number of carbonyl (C=O) groups excluding carboxylic acids is 1. The third-order valence-corrected chi connectivity index (χ3v) is 7.05. The Kier molecular flexibility index (Phi) is 7.77. The SMILES string of the molecule is CCCN(C(=O)Nc1c(C)cccc1C)C(CC)c1nc2ccccc2c(=O)n1-c1ccc(C)c(C)c1. The summed E-state index contributed by atoms with van der Waals surface area (Å²) in [6.07, 6.45) is 1.38. The Bertz CT molecular complexity index is 1490. The van der Waals surface area contributed by atoms with Gasteiger partial charge in [-0.05, 0) is 87.1 Å². The second-order valence-electron chi connectivity index (χ2n) is 9.71. The number of hydrogen-bond donors (Lipinski definition) is 1. The van der Waals surface area contributed by atoms with Crippen molar-refractivity contribution in [2.75, 3.05) is 11.9 Å². The fraction of sp³-hybridized carbons (Fsp3) is 0.323. The molecule has 0 bridgehead atoms. The predicted octanol–water partition coefficient (Wildman–Crippen LogP) is 7.01. The van der Waals surface area contributed by atoms with E-state index in [0.29, 0.717) is 29.7 Å². The van der Waals surface area contributed by atoms with E-state index in [1.807, 2.05) is 93.3 Å². The maximum atomic E-state index is 13.9. The Balaban J connectivity index is 1.90. The smallest absolute Gasteiger partial charge is 0.314 e. The molecule has 0 fully saturated rings. The van der Waals surface area contributed by atoms with Gasteiger partial charge in [-0.1, -0.05) is 50.2 Å². The van der Waals surface area contributed by atoms with Crippen molar-refractivity contribution in [2.24, 2.45) is 0 Å². The highest BCUT2D eigenvalue weighted by Gasteiger charge is 2.29. The molecular formula is C31H36N4O2. The van der Waals surface area contributed by atoms with Crippen molar-refractivity contribution in [2.45, 2.75) is 60.4 Å². The van der Waals surface area contributed by atoms with Gasteiger partial charge in [-0.3, -0.25) is 9.36 Å². The third kappa shape index (κ3) is 5.15. The zero-order chi connectivity index (χ0) is 26.7. The van der Waals surface area contributed by atoms with E-state index in [9.17, 15) is 9.59 Å². The Morgan fingerprint density at radius 2 is 1.62 bits per heavy atom. The number of urea groups is 1. The van der Waals surface area contributed by atoms with Gasteiger partial charge >= 0.3 is 6.03 Å². The molecule has 0 aliphatic carbocycles. The maximum absolute atomic E-state index is 13.9. The minimum atomic E-state index is -0.400. The summed E-state index contributed by atoms with van der Waals surface area (Å²) in [5, 5.41) is 3.70. The summed E-state index contributed by atoms with van der Waals surface area (Å²) >= 11 is 0. The van der Waals surface area contributed by atoms with E-state index in [1.165, 1.54) is 0 Å². The second-order valence-corrected chi connectivity index (χ2v) is 9.71. The molecule has 0 saturated heterocycles. The van der Waals surface area contributed by atoms with Crippen LogP contribution in [0.1, 0.15) is 60.8 Å². The number of fused-ring (bicyclic) bond motifs is 1. The van der Waals surface area contributed by atoms with Crippen molar-refractivity contribution in [1.82, 2.24) is 14.5 Å². The number of rotatable bonds is 7. The van der Waals surface area contributed by atoms with Crippen LogP contribution in [-0.4, -0.2) is 27.0 Å². The van der Waals surface area contributed by atoms with Gasteiger partial charge < -0.3 is 10.2 Å². The van der Waals surface area contributed by atoms with Gasteiger partial charge in [0.15, 0.2) is 0 Å². The first-order chi connectivity index (χ1) is 17.8. The van der Waals surface area contributed by atoms with Crippen LogP contribution in [0, 0.1) is 27.7 Å². The van der Waals surface area contributed by atoms with Crippen molar-refractivity contribution in [3.8, 4) is 5.69 Å². The topological polar surface area (TPSA) is 67.2 Å². The molecule has 0 saturated carbocycles. The quantitative estimate of drug-likeness (QED) is 0.299. The summed E-state index contributed by atoms with van der Waals surface area (Å²) in [6.45, 7) is 12.7. The van der Waals surface area contributed by atoms with Gasteiger partial charge in [0.2, 0.25) is 0 Å². The predicted molar refractivity (Wildman–Crippen MR) is 152 cm³/mol. The molecule has 6 heteroatoms. The van der Waals surface area contributed by atoms with Crippen LogP contribution in [0.15, 0.2) is 65.5 Å². The Hall–Kier alpha value is -3.93. The number of benzene rings is 3. The van der Waals surface area contributed by atoms with E-state index < -0.39 is 6.04 Å². The molecule has 0 aliphatic heterocycles. The summed E-state index contributed by atoms with van der Waals surface area (Å²) in [4.78, 5) is 34.5. The maximum Gasteiger partial charge on any atom is 0.322 e. The minimum Gasteiger partial charge on any atom is -0.314 e. The van der Waals surface area contributed by atoms with Crippen molar-refractivity contribution in [3.63, 3.8) is 0 Å². The van der Waals surface area contributed by atoms with Crippen LogP contribution in [0.5, 0.6) is 0 Å². The molecule has 37 heavy (non-hydrogen) atoms. The Morgan fingerprint density at radius 3 is 2.27 bits per heavy atom. The zero-order valence-corrected chi connectivity index (χ0v) is 22.6. The zero-order valence-electron chi connectivity index (χ0n) is 22.6. The summed E-state index contributed by atoms with van der Waals surface area (Å²) in [7, 11) is 0. The van der Waals surface area contributed by atoms with Crippen molar-refractivity contribution < 1.29 is 4.79 Å². The fourth-order valence-corrected chi connectivity index (χ4v) is 4.86. The molecule has 0 radical (unpaired) electrons. The molecule has 192 valence electrons. The van der Waals surface area contributed by atoms with Crippen LogP contribution in [0.2, 0.25) is 0 Å². The lowest BCUT2D eigenvalue weighted by molar-refractivity contribution is 0.181. The molecule has 4 aromatic rings. The molecule has 2 amide bonds. The molecule has 0 spiro atoms. The number of hydrogen-bond acceptors (Lipinski definition) is 3. The first-order valence-electron chi connectivity index (χ1n) is 13.0. The molecule has 1 unspecified atom stereocenters. The fourth-order valence-electron chi connectivity index (χ4n) is 4.86. The largest absolute Gasteiger partial charge is 0.322 e. The van der Waals surface area contributed by atoms with Gasteiger partial charge in [-0.15, -0.1) is 0 Å². The first-order valence-corrected chi connectivity index (χ1v) is 13.0. The van der Waals surface area contributed by atoms with Crippen LogP contribution in [0.25, 0.3) is 16.6 Å². The lowest BCUT2D eigenvalue weighted by atomic mass is 10.1. The van der Waals surface area contributed by atoms with E-state index in [4.69, 9.17) is 4.98 Å². The summed E-state index contributed by atoms with van der Waals surface area (Å²) in [5.74, 6) is 0.569. The number of aromatic nitrogens is 2. The van der Waals surface area contributed by atoms with Crippen LogP contribution in [0.3, 0.4) is 0 Å². The van der Waals surface area contributed by atoms with E-state index in [1.54, 1.807) is 4.57 Å².